The van der Waals surface area contributed by atoms with Crippen molar-refractivity contribution in [1.82, 2.24) is 0 Å². The Morgan fingerprint density at radius 2 is 1.41 bits per heavy atom. The summed E-state index contributed by atoms with van der Waals surface area (Å²) in [5.74, 6) is 0.613. The van der Waals surface area contributed by atoms with Crippen LogP contribution < -0.4 is 56.1 Å². The third-order valence-electron chi connectivity index (χ3n) is 4.82. The number of rotatable bonds is 13. The molecule has 0 fully saturated rings. The quantitative estimate of drug-likeness (QED) is 0.271. The average molecular weight is 443 g/mol. The Kier molecular flexibility index (Phi) is 13.6. The van der Waals surface area contributed by atoms with Crippen LogP contribution >= 0.6 is 0 Å². The van der Waals surface area contributed by atoms with Gasteiger partial charge in [-0.15, -0.1) is 0 Å². The van der Waals surface area contributed by atoms with Gasteiger partial charge in [-0.25, -0.2) is 8.42 Å². The molecular formula is C23H31KO4S. The van der Waals surface area contributed by atoms with E-state index in [1.54, 1.807) is 36.4 Å². The number of hydrogen-bond donors (Lipinski definition) is 0. The number of benzene rings is 2. The molecule has 2 aromatic rings. The van der Waals surface area contributed by atoms with Crippen LogP contribution in [0.1, 0.15) is 70.3 Å². The molecule has 0 atom stereocenters. The summed E-state index contributed by atoms with van der Waals surface area (Å²) in [6.45, 7) is 2.23. The Hall–Kier alpha value is -0.214. The van der Waals surface area contributed by atoms with Gasteiger partial charge in [0.25, 0.3) is 0 Å². The van der Waals surface area contributed by atoms with Crippen molar-refractivity contribution in [3.63, 3.8) is 0 Å². The number of aryl methyl sites for hydroxylation is 1. The molecule has 0 saturated heterocycles. The van der Waals surface area contributed by atoms with Crippen LogP contribution in [0.3, 0.4) is 0 Å². The van der Waals surface area contributed by atoms with Crippen LogP contribution in [0.15, 0.2) is 53.4 Å². The van der Waals surface area contributed by atoms with E-state index in [-0.39, 0.29) is 62.0 Å². The molecule has 4 nitrogen and oxygen atoms in total. The summed E-state index contributed by atoms with van der Waals surface area (Å²) in [7, 11) is -4.59. The predicted octanol–water partition coefficient (Wildman–Crippen LogP) is 3.46. The smallest absolute Gasteiger partial charge is 0.744 e. The molecule has 0 aliphatic rings. The summed E-state index contributed by atoms with van der Waals surface area (Å²) in [6, 6.07) is 13.7. The van der Waals surface area contributed by atoms with Crippen molar-refractivity contribution in [1.29, 1.82) is 0 Å². The summed E-state index contributed by atoms with van der Waals surface area (Å²) < 4.78 is 40.3. The zero-order chi connectivity index (χ0) is 20.2. The molecule has 6 heteroatoms. The van der Waals surface area contributed by atoms with Gasteiger partial charge in [-0.3, -0.25) is 0 Å². The summed E-state index contributed by atoms with van der Waals surface area (Å²) in [5.41, 5.74) is 0.987. The summed E-state index contributed by atoms with van der Waals surface area (Å²) in [4.78, 5) is -0.313. The second-order valence-electron chi connectivity index (χ2n) is 7.23. The molecule has 0 heterocycles. The number of hydrogen-bond acceptors (Lipinski definition) is 4. The molecule has 0 N–H and O–H groups in total. The summed E-state index contributed by atoms with van der Waals surface area (Å²) in [6.07, 6.45) is 12.2. The van der Waals surface area contributed by atoms with E-state index >= 15 is 0 Å². The first-order chi connectivity index (χ1) is 13.5. The van der Waals surface area contributed by atoms with Crippen LogP contribution in [0.5, 0.6) is 11.5 Å². The van der Waals surface area contributed by atoms with E-state index in [1.165, 1.54) is 51.0 Å². The molecule has 0 radical (unpaired) electrons. The van der Waals surface area contributed by atoms with Crippen molar-refractivity contribution in [2.24, 2.45) is 0 Å². The minimum atomic E-state index is -4.59. The van der Waals surface area contributed by atoms with Crippen LogP contribution in [0.4, 0.5) is 0 Å². The van der Waals surface area contributed by atoms with E-state index in [2.05, 4.69) is 6.92 Å². The van der Waals surface area contributed by atoms with Gasteiger partial charge in [0.2, 0.25) is 0 Å². The largest absolute Gasteiger partial charge is 1.00 e. The van der Waals surface area contributed by atoms with Crippen LogP contribution in [-0.2, 0) is 16.5 Å². The molecule has 0 spiro atoms. The second-order valence-corrected chi connectivity index (χ2v) is 8.58. The van der Waals surface area contributed by atoms with E-state index in [0.29, 0.717) is 5.75 Å². The van der Waals surface area contributed by atoms with E-state index in [1.807, 2.05) is 6.07 Å². The summed E-state index contributed by atoms with van der Waals surface area (Å²) >= 11 is 0. The zero-order valence-electron chi connectivity index (χ0n) is 17.7. The molecule has 29 heavy (non-hydrogen) atoms. The zero-order valence-corrected chi connectivity index (χ0v) is 21.7. The molecule has 2 rings (SSSR count). The number of unbranched alkanes of at least 4 members (excludes halogenated alkanes) is 8. The van der Waals surface area contributed by atoms with Crippen molar-refractivity contribution in [2.45, 2.75) is 76.0 Å². The monoisotopic (exact) mass is 442 g/mol. The molecule has 154 valence electrons. The van der Waals surface area contributed by atoms with E-state index < -0.39 is 10.1 Å². The maximum Gasteiger partial charge on any atom is 1.00 e. The molecule has 0 aliphatic carbocycles. The first kappa shape index (κ1) is 26.8. The molecule has 0 saturated carbocycles. The van der Waals surface area contributed by atoms with Gasteiger partial charge in [-0.1, -0.05) is 82.6 Å². The van der Waals surface area contributed by atoms with Gasteiger partial charge in [0.05, 0.1) is 4.90 Å². The maximum atomic E-state index is 11.5. The Morgan fingerprint density at radius 1 is 0.828 bits per heavy atom. The molecule has 0 aromatic heterocycles. The maximum absolute atomic E-state index is 11.5. The second kappa shape index (κ2) is 14.7. The normalized spacial score (nSPS) is 11.1. The van der Waals surface area contributed by atoms with E-state index in [9.17, 15) is 13.0 Å². The van der Waals surface area contributed by atoms with Gasteiger partial charge in [-0.05, 0) is 42.7 Å². The van der Waals surface area contributed by atoms with Crippen LogP contribution in [-0.4, -0.2) is 13.0 Å². The third kappa shape index (κ3) is 10.6. The predicted molar refractivity (Wildman–Crippen MR) is 112 cm³/mol. The molecule has 0 aliphatic heterocycles. The topological polar surface area (TPSA) is 66.4 Å². The van der Waals surface area contributed by atoms with Crippen LogP contribution in [0, 0.1) is 0 Å². The minimum absolute atomic E-state index is 0. The van der Waals surface area contributed by atoms with Gasteiger partial charge < -0.3 is 9.29 Å². The van der Waals surface area contributed by atoms with Gasteiger partial charge in [0.1, 0.15) is 21.6 Å². The van der Waals surface area contributed by atoms with Crippen molar-refractivity contribution < 1.29 is 69.1 Å². The number of para-hydroxylation sites is 1. The standard InChI is InChI=1S/C23H32O4S.K/c1-2-3-4-5-6-7-8-9-11-14-20-17-18-23(28(24,25)26)22(19-20)27-21-15-12-10-13-16-21;/h10,12-13,15-19H,2-9,11,14H2,1H3,(H,24,25,26);/q;+1/p-1. The Labute approximate surface area is 218 Å². The molecule has 0 amide bonds. The van der Waals surface area contributed by atoms with E-state index in [0.717, 1.165) is 24.8 Å². The van der Waals surface area contributed by atoms with Gasteiger partial charge in [0, 0.05) is 0 Å². The fraction of sp³-hybridized carbons (Fsp3) is 0.478. The van der Waals surface area contributed by atoms with Gasteiger partial charge in [-0.2, -0.15) is 0 Å². The first-order valence-corrected chi connectivity index (χ1v) is 11.7. The fourth-order valence-corrected chi connectivity index (χ4v) is 3.83. The van der Waals surface area contributed by atoms with Crippen LogP contribution in [0.25, 0.3) is 0 Å². The Bertz CT molecular complexity index is 807. The Morgan fingerprint density at radius 3 is 2.00 bits per heavy atom. The molecular weight excluding hydrogens is 411 g/mol. The minimum Gasteiger partial charge on any atom is -0.744 e. The average Bonchev–Trinajstić information content (AvgIpc) is 2.67. The van der Waals surface area contributed by atoms with E-state index in [4.69, 9.17) is 4.74 Å². The van der Waals surface area contributed by atoms with Gasteiger partial charge >= 0.3 is 51.4 Å². The fourth-order valence-electron chi connectivity index (χ4n) is 3.25. The van der Waals surface area contributed by atoms with Crippen LogP contribution in [0.2, 0.25) is 0 Å². The number of ether oxygens (including phenoxy) is 1. The van der Waals surface area contributed by atoms with Crippen molar-refractivity contribution >= 4 is 10.1 Å². The molecule has 0 unspecified atom stereocenters. The van der Waals surface area contributed by atoms with Gasteiger partial charge in [0.15, 0.2) is 0 Å². The first-order valence-electron chi connectivity index (χ1n) is 10.3. The van der Waals surface area contributed by atoms with Crippen molar-refractivity contribution in [3.05, 3.63) is 54.1 Å². The Balaban J connectivity index is 0.00000420. The van der Waals surface area contributed by atoms with Crippen molar-refractivity contribution in [3.8, 4) is 11.5 Å². The van der Waals surface area contributed by atoms with Crippen molar-refractivity contribution in [2.75, 3.05) is 0 Å². The molecule has 0 bridgehead atoms. The third-order valence-corrected chi connectivity index (χ3v) is 5.69. The molecule has 2 aromatic carbocycles. The SMILES string of the molecule is CCCCCCCCCCCc1ccc(S(=O)(=O)[O-])c(Oc2ccccc2)c1.[K+]. The summed E-state index contributed by atoms with van der Waals surface area (Å²) in [5, 5.41) is 0.